The van der Waals surface area contributed by atoms with Crippen LogP contribution in [-0.4, -0.2) is 24.5 Å². The van der Waals surface area contributed by atoms with Crippen LogP contribution in [0.1, 0.15) is 18.4 Å². The Hall–Kier alpha value is -1.00. The maximum Gasteiger partial charge on any atom is 0.126 e. The molecule has 0 unspecified atom stereocenters. The Bertz CT molecular complexity index is 353. The van der Waals surface area contributed by atoms with E-state index in [1.54, 1.807) is 0 Å². The lowest BCUT2D eigenvalue weighted by Gasteiger charge is -2.31. The Morgan fingerprint density at radius 1 is 1.12 bits per heavy atom. The Kier molecular flexibility index (Phi) is 4.07. The van der Waals surface area contributed by atoms with E-state index in [0.717, 1.165) is 38.5 Å². The maximum absolute atomic E-state index is 13.0. The van der Waals surface area contributed by atoms with Crippen LogP contribution in [-0.2, 0) is 6.54 Å². The average molecular weight is 240 g/mol. The van der Waals surface area contributed by atoms with Gasteiger partial charge in [0.05, 0.1) is 0 Å². The smallest absolute Gasteiger partial charge is 0.126 e. The summed E-state index contributed by atoms with van der Waals surface area (Å²) < 4.78 is 26.0. The van der Waals surface area contributed by atoms with Crippen molar-refractivity contribution in [1.29, 1.82) is 0 Å². The van der Waals surface area contributed by atoms with Gasteiger partial charge in [-0.15, -0.1) is 0 Å². The van der Waals surface area contributed by atoms with Gasteiger partial charge in [-0.3, -0.25) is 4.90 Å². The molecule has 0 aliphatic carbocycles. The summed E-state index contributed by atoms with van der Waals surface area (Å²) >= 11 is 0. The summed E-state index contributed by atoms with van der Waals surface area (Å²) in [6.07, 6.45) is 2.16. The van der Waals surface area contributed by atoms with Gasteiger partial charge in [0.15, 0.2) is 0 Å². The molecule has 1 heterocycles. The van der Waals surface area contributed by atoms with E-state index in [2.05, 4.69) is 4.90 Å². The fourth-order valence-corrected chi connectivity index (χ4v) is 2.34. The number of nitrogens with zero attached hydrogens (tertiary/aromatic N) is 1. The van der Waals surface area contributed by atoms with Gasteiger partial charge in [-0.25, -0.2) is 8.78 Å². The third kappa shape index (κ3) is 3.48. The Balaban J connectivity index is 1.93. The summed E-state index contributed by atoms with van der Waals surface area (Å²) in [6, 6.07) is 3.71. The van der Waals surface area contributed by atoms with Gasteiger partial charge >= 0.3 is 0 Å². The second-order valence-electron chi connectivity index (χ2n) is 4.73. The molecule has 0 radical (unpaired) electrons. The molecule has 2 rings (SSSR count). The first-order chi connectivity index (χ1) is 8.17. The number of likely N-dealkylation sites (tertiary alicyclic amines) is 1. The van der Waals surface area contributed by atoms with Gasteiger partial charge in [-0.1, -0.05) is 0 Å². The van der Waals surface area contributed by atoms with E-state index in [9.17, 15) is 8.78 Å². The molecule has 1 saturated heterocycles. The molecule has 1 aliphatic heterocycles. The Morgan fingerprint density at radius 2 is 1.71 bits per heavy atom. The number of nitrogens with two attached hydrogens (primary N) is 1. The highest BCUT2D eigenvalue weighted by Crippen LogP contribution is 2.18. The van der Waals surface area contributed by atoms with Crippen molar-refractivity contribution in [1.82, 2.24) is 4.90 Å². The number of benzene rings is 1. The summed E-state index contributed by atoms with van der Waals surface area (Å²) in [7, 11) is 0. The van der Waals surface area contributed by atoms with E-state index in [1.165, 1.54) is 12.1 Å². The number of hydrogen-bond donors (Lipinski definition) is 1. The van der Waals surface area contributed by atoms with E-state index in [0.29, 0.717) is 18.0 Å². The molecular formula is C13H18F2N2. The van der Waals surface area contributed by atoms with E-state index >= 15 is 0 Å². The van der Waals surface area contributed by atoms with Crippen molar-refractivity contribution in [2.75, 3.05) is 19.6 Å². The molecule has 0 saturated carbocycles. The largest absolute Gasteiger partial charge is 0.330 e. The predicted octanol–water partition coefficient (Wildman–Crippen LogP) is 2.14. The Labute approximate surface area is 100 Å². The van der Waals surface area contributed by atoms with Crippen molar-refractivity contribution in [3.8, 4) is 0 Å². The Morgan fingerprint density at radius 3 is 2.24 bits per heavy atom. The van der Waals surface area contributed by atoms with Gasteiger partial charge < -0.3 is 5.73 Å². The monoisotopic (exact) mass is 240 g/mol. The van der Waals surface area contributed by atoms with Gasteiger partial charge in [0.1, 0.15) is 11.6 Å². The molecule has 0 spiro atoms. The van der Waals surface area contributed by atoms with Crippen LogP contribution in [0.3, 0.4) is 0 Å². The zero-order chi connectivity index (χ0) is 12.3. The van der Waals surface area contributed by atoms with Gasteiger partial charge in [-0.05, 0) is 56.1 Å². The summed E-state index contributed by atoms with van der Waals surface area (Å²) in [5.41, 5.74) is 6.33. The third-order valence-corrected chi connectivity index (χ3v) is 3.37. The van der Waals surface area contributed by atoms with Crippen LogP contribution in [0, 0.1) is 17.6 Å². The molecule has 1 aromatic rings. The van der Waals surface area contributed by atoms with Crippen molar-refractivity contribution in [2.45, 2.75) is 19.4 Å². The molecule has 94 valence electrons. The predicted molar refractivity (Wildman–Crippen MR) is 63.4 cm³/mol. The van der Waals surface area contributed by atoms with Gasteiger partial charge in [0.25, 0.3) is 0 Å². The lowest BCUT2D eigenvalue weighted by molar-refractivity contribution is 0.180. The average Bonchev–Trinajstić information content (AvgIpc) is 2.28. The van der Waals surface area contributed by atoms with Crippen molar-refractivity contribution in [3.05, 3.63) is 35.4 Å². The summed E-state index contributed by atoms with van der Waals surface area (Å²) in [4.78, 5) is 2.22. The first-order valence-electron chi connectivity index (χ1n) is 6.05. The highest BCUT2D eigenvalue weighted by Gasteiger charge is 2.18. The highest BCUT2D eigenvalue weighted by molar-refractivity contribution is 5.17. The first kappa shape index (κ1) is 12.5. The zero-order valence-electron chi connectivity index (χ0n) is 9.83. The van der Waals surface area contributed by atoms with Gasteiger partial charge in [0, 0.05) is 12.6 Å². The third-order valence-electron chi connectivity index (χ3n) is 3.37. The maximum atomic E-state index is 13.0. The van der Waals surface area contributed by atoms with E-state index in [-0.39, 0.29) is 0 Å². The van der Waals surface area contributed by atoms with E-state index in [1.807, 2.05) is 0 Å². The topological polar surface area (TPSA) is 29.3 Å². The molecule has 1 aliphatic rings. The van der Waals surface area contributed by atoms with Crippen LogP contribution >= 0.6 is 0 Å². The quantitative estimate of drug-likeness (QED) is 0.877. The SMILES string of the molecule is NCC1CCN(Cc2cc(F)cc(F)c2)CC1. The van der Waals surface area contributed by atoms with Crippen LogP contribution in [0.2, 0.25) is 0 Å². The molecule has 2 N–H and O–H groups in total. The van der Waals surface area contributed by atoms with E-state index in [4.69, 9.17) is 5.73 Å². The molecule has 0 aromatic heterocycles. The van der Waals surface area contributed by atoms with Crippen molar-refractivity contribution in [3.63, 3.8) is 0 Å². The number of hydrogen-bond acceptors (Lipinski definition) is 2. The molecule has 1 fully saturated rings. The molecule has 0 atom stereocenters. The minimum Gasteiger partial charge on any atom is -0.330 e. The van der Waals surface area contributed by atoms with Crippen LogP contribution in [0.15, 0.2) is 18.2 Å². The molecule has 4 heteroatoms. The fraction of sp³-hybridized carbons (Fsp3) is 0.538. The van der Waals surface area contributed by atoms with Crippen LogP contribution in [0.5, 0.6) is 0 Å². The minimum absolute atomic E-state index is 0.503. The molecule has 2 nitrogen and oxygen atoms in total. The van der Waals surface area contributed by atoms with Crippen molar-refractivity contribution < 1.29 is 8.78 Å². The lowest BCUT2D eigenvalue weighted by Crippen LogP contribution is -2.35. The molecule has 17 heavy (non-hydrogen) atoms. The number of halogens is 2. The second-order valence-corrected chi connectivity index (χ2v) is 4.73. The highest BCUT2D eigenvalue weighted by atomic mass is 19.1. The van der Waals surface area contributed by atoms with Gasteiger partial charge in [-0.2, -0.15) is 0 Å². The molecule has 0 bridgehead atoms. The zero-order valence-corrected chi connectivity index (χ0v) is 9.83. The van der Waals surface area contributed by atoms with Crippen LogP contribution < -0.4 is 5.73 Å². The van der Waals surface area contributed by atoms with Crippen LogP contribution in [0.4, 0.5) is 8.78 Å². The molecule has 1 aromatic carbocycles. The molecular weight excluding hydrogens is 222 g/mol. The van der Waals surface area contributed by atoms with E-state index < -0.39 is 11.6 Å². The lowest BCUT2D eigenvalue weighted by atomic mass is 9.97. The van der Waals surface area contributed by atoms with Crippen LogP contribution in [0.25, 0.3) is 0 Å². The number of piperidine rings is 1. The normalized spacial score (nSPS) is 18.5. The van der Waals surface area contributed by atoms with Gasteiger partial charge in [0.2, 0.25) is 0 Å². The standard InChI is InChI=1S/C13H18F2N2/c14-12-5-11(6-13(15)7-12)9-17-3-1-10(8-16)2-4-17/h5-7,10H,1-4,8-9,16H2. The molecule has 0 amide bonds. The van der Waals surface area contributed by atoms with Crippen molar-refractivity contribution in [2.24, 2.45) is 11.7 Å². The summed E-state index contributed by atoms with van der Waals surface area (Å²) in [6.45, 7) is 3.27. The number of rotatable bonds is 3. The fourth-order valence-electron chi connectivity index (χ4n) is 2.34. The summed E-state index contributed by atoms with van der Waals surface area (Å²) in [5.74, 6) is -0.399. The van der Waals surface area contributed by atoms with Crippen molar-refractivity contribution >= 4 is 0 Å². The summed E-state index contributed by atoms with van der Waals surface area (Å²) in [5, 5.41) is 0. The minimum atomic E-state index is -0.503. The first-order valence-corrected chi connectivity index (χ1v) is 6.05. The second kappa shape index (κ2) is 5.56.